The molecule has 0 aliphatic rings. The van der Waals surface area contributed by atoms with E-state index < -0.39 is 16.1 Å². The zero-order chi connectivity index (χ0) is 18.8. The van der Waals surface area contributed by atoms with Gasteiger partial charge in [0.15, 0.2) is 0 Å². The number of carbonyl (C=O) groups is 1. The van der Waals surface area contributed by atoms with Gasteiger partial charge in [0.1, 0.15) is 6.61 Å². The Bertz CT molecular complexity index is 790. The van der Waals surface area contributed by atoms with Crippen molar-refractivity contribution in [2.24, 2.45) is 0 Å². The van der Waals surface area contributed by atoms with Crippen molar-refractivity contribution in [1.29, 1.82) is 0 Å². The van der Waals surface area contributed by atoms with Crippen molar-refractivity contribution in [1.82, 2.24) is 5.32 Å². The molecule has 0 unspecified atom stereocenters. The largest absolute Gasteiger partial charge is 0.445 e. The molecule has 140 valence electrons. The van der Waals surface area contributed by atoms with Crippen LogP contribution in [0.5, 0.6) is 0 Å². The van der Waals surface area contributed by atoms with Crippen LogP contribution in [0, 0.1) is 0 Å². The number of unbranched alkanes of at least 4 members (excludes halogenated alkanes) is 1. The fourth-order valence-corrected chi connectivity index (χ4v) is 2.94. The molecule has 2 aromatic rings. The maximum Gasteiger partial charge on any atom is 0.407 e. The highest BCUT2D eigenvalue weighted by molar-refractivity contribution is 7.92. The normalized spacial score (nSPS) is 11.0. The van der Waals surface area contributed by atoms with Gasteiger partial charge in [0.05, 0.1) is 6.26 Å². The predicted molar refractivity (Wildman–Crippen MR) is 102 cm³/mol. The van der Waals surface area contributed by atoms with Crippen LogP contribution in [-0.4, -0.2) is 27.3 Å². The summed E-state index contributed by atoms with van der Waals surface area (Å²) in [4.78, 5) is 11.6. The van der Waals surface area contributed by atoms with E-state index in [1.165, 1.54) is 0 Å². The molecule has 0 aliphatic heterocycles. The van der Waals surface area contributed by atoms with Gasteiger partial charge in [-0.2, -0.15) is 0 Å². The van der Waals surface area contributed by atoms with Gasteiger partial charge in [-0.05, 0) is 42.5 Å². The van der Waals surface area contributed by atoms with E-state index in [1.54, 1.807) is 12.1 Å². The van der Waals surface area contributed by atoms with Crippen LogP contribution in [0.25, 0.3) is 0 Å². The van der Waals surface area contributed by atoms with Crippen LogP contribution in [0.15, 0.2) is 54.6 Å². The maximum atomic E-state index is 11.6. The highest BCUT2D eigenvalue weighted by atomic mass is 32.2. The minimum Gasteiger partial charge on any atom is -0.445 e. The molecule has 0 aliphatic carbocycles. The summed E-state index contributed by atoms with van der Waals surface area (Å²) in [7, 11) is -3.25. The third kappa shape index (κ3) is 8.02. The highest BCUT2D eigenvalue weighted by Gasteiger charge is 2.03. The van der Waals surface area contributed by atoms with Crippen molar-refractivity contribution in [3.8, 4) is 0 Å². The number of hydrogen-bond donors (Lipinski definition) is 2. The van der Waals surface area contributed by atoms with Gasteiger partial charge in [0.2, 0.25) is 10.0 Å². The minimum absolute atomic E-state index is 0.264. The lowest BCUT2D eigenvalue weighted by molar-refractivity contribution is 0.139. The van der Waals surface area contributed by atoms with E-state index in [1.807, 2.05) is 42.5 Å². The molecule has 0 fully saturated rings. The fourth-order valence-electron chi connectivity index (χ4n) is 2.37. The zero-order valence-corrected chi connectivity index (χ0v) is 15.6. The standard InChI is InChI=1S/C19H24N2O4S/c1-26(23,24)21-18-12-10-16(11-13-18)7-5-6-14-20-19(22)25-15-17-8-3-2-4-9-17/h2-4,8-13,21H,5-7,14-15H2,1H3,(H,20,22). The number of ether oxygens (including phenoxy) is 1. The van der Waals surface area contributed by atoms with Crippen molar-refractivity contribution >= 4 is 21.8 Å². The molecule has 2 N–H and O–H groups in total. The fraction of sp³-hybridized carbons (Fsp3) is 0.316. The summed E-state index contributed by atoms with van der Waals surface area (Å²) in [5.74, 6) is 0. The Hall–Kier alpha value is -2.54. The summed E-state index contributed by atoms with van der Waals surface area (Å²) < 4.78 is 29.9. The van der Waals surface area contributed by atoms with E-state index >= 15 is 0 Å². The van der Waals surface area contributed by atoms with E-state index in [0.717, 1.165) is 36.6 Å². The minimum atomic E-state index is -3.25. The average Bonchev–Trinajstić information content (AvgIpc) is 2.61. The number of nitrogens with one attached hydrogen (secondary N) is 2. The monoisotopic (exact) mass is 376 g/mol. The topological polar surface area (TPSA) is 84.5 Å². The molecule has 2 aromatic carbocycles. The van der Waals surface area contributed by atoms with Crippen molar-refractivity contribution < 1.29 is 17.9 Å². The first kappa shape index (κ1) is 19.8. The Balaban J connectivity index is 1.59. The molecule has 0 atom stereocenters. The molecule has 0 heterocycles. The lowest BCUT2D eigenvalue weighted by Gasteiger charge is -2.08. The van der Waals surface area contributed by atoms with Crippen molar-refractivity contribution in [3.05, 3.63) is 65.7 Å². The van der Waals surface area contributed by atoms with Gasteiger partial charge in [-0.1, -0.05) is 42.5 Å². The van der Waals surface area contributed by atoms with E-state index in [2.05, 4.69) is 10.0 Å². The first-order chi connectivity index (χ1) is 12.4. The van der Waals surface area contributed by atoms with Crippen LogP contribution >= 0.6 is 0 Å². The number of amides is 1. The summed E-state index contributed by atoms with van der Waals surface area (Å²) in [6, 6.07) is 16.8. The van der Waals surface area contributed by atoms with Gasteiger partial charge in [-0.3, -0.25) is 4.72 Å². The molecule has 26 heavy (non-hydrogen) atoms. The predicted octanol–water partition coefficient (Wildman–Crippen LogP) is 3.31. The van der Waals surface area contributed by atoms with Crippen LogP contribution < -0.4 is 10.0 Å². The van der Waals surface area contributed by atoms with Gasteiger partial charge < -0.3 is 10.1 Å². The molecule has 0 saturated carbocycles. The Kier molecular flexibility index (Phi) is 7.47. The second-order valence-corrected chi connectivity index (χ2v) is 7.77. The number of benzene rings is 2. The van der Waals surface area contributed by atoms with Crippen LogP contribution in [0.1, 0.15) is 24.0 Å². The molecule has 0 radical (unpaired) electrons. The lowest BCUT2D eigenvalue weighted by Crippen LogP contribution is -2.25. The summed E-state index contributed by atoms with van der Waals surface area (Å²) in [6.45, 7) is 0.821. The third-order valence-corrected chi connectivity index (χ3v) is 4.24. The first-order valence-electron chi connectivity index (χ1n) is 8.44. The molecule has 0 saturated heterocycles. The highest BCUT2D eigenvalue weighted by Crippen LogP contribution is 2.12. The molecular formula is C19H24N2O4S. The lowest BCUT2D eigenvalue weighted by atomic mass is 10.1. The van der Waals surface area contributed by atoms with E-state index in [9.17, 15) is 13.2 Å². The number of sulfonamides is 1. The molecule has 2 rings (SSSR count). The Labute approximate surface area is 154 Å². The molecular weight excluding hydrogens is 352 g/mol. The van der Waals surface area contributed by atoms with Crippen LogP contribution in [0.2, 0.25) is 0 Å². The number of anilines is 1. The molecule has 6 nitrogen and oxygen atoms in total. The first-order valence-corrected chi connectivity index (χ1v) is 10.3. The molecule has 7 heteroatoms. The van der Waals surface area contributed by atoms with Crippen molar-refractivity contribution in [3.63, 3.8) is 0 Å². The van der Waals surface area contributed by atoms with Crippen LogP contribution in [0.4, 0.5) is 10.5 Å². The smallest absolute Gasteiger partial charge is 0.407 e. The van der Waals surface area contributed by atoms with E-state index in [4.69, 9.17) is 4.74 Å². The quantitative estimate of drug-likeness (QED) is 0.658. The number of hydrogen-bond acceptors (Lipinski definition) is 4. The van der Waals surface area contributed by atoms with Crippen LogP contribution in [0.3, 0.4) is 0 Å². The van der Waals surface area contributed by atoms with Gasteiger partial charge in [0, 0.05) is 12.2 Å². The molecule has 0 spiro atoms. The van der Waals surface area contributed by atoms with E-state index in [-0.39, 0.29) is 6.61 Å². The summed E-state index contributed by atoms with van der Waals surface area (Å²) in [5, 5.41) is 2.74. The second-order valence-electron chi connectivity index (χ2n) is 6.02. The summed E-state index contributed by atoms with van der Waals surface area (Å²) >= 11 is 0. The number of carbonyl (C=O) groups excluding carboxylic acids is 1. The van der Waals surface area contributed by atoms with Gasteiger partial charge in [-0.15, -0.1) is 0 Å². The molecule has 1 amide bonds. The zero-order valence-electron chi connectivity index (χ0n) is 14.8. The Morgan fingerprint density at radius 2 is 1.65 bits per heavy atom. The van der Waals surface area contributed by atoms with E-state index in [0.29, 0.717) is 12.2 Å². The molecule has 0 aromatic heterocycles. The second kappa shape index (κ2) is 9.82. The van der Waals surface area contributed by atoms with Crippen LogP contribution in [-0.2, 0) is 27.8 Å². The van der Waals surface area contributed by atoms with Crippen molar-refractivity contribution in [2.45, 2.75) is 25.9 Å². The third-order valence-electron chi connectivity index (χ3n) is 3.63. The summed E-state index contributed by atoms with van der Waals surface area (Å²) in [6.07, 6.45) is 3.32. The summed E-state index contributed by atoms with van der Waals surface area (Å²) in [5.41, 5.74) is 2.63. The number of rotatable bonds is 9. The Morgan fingerprint density at radius 1 is 0.962 bits per heavy atom. The maximum absolute atomic E-state index is 11.6. The average molecular weight is 376 g/mol. The van der Waals surface area contributed by atoms with Gasteiger partial charge >= 0.3 is 6.09 Å². The molecule has 0 bridgehead atoms. The SMILES string of the molecule is CS(=O)(=O)Nc1ccc(CCCCNC(=O)OCc2ccccc2)cc1. The van der Waals surface area contributed by atoms with Gasteiger partial charge in [-0.25, -0.2) is 13.2 Å². The Morgan fingerprint density at radius 3 is 2.31 bits per heavy atom. The number of alkyl carbamates (subject to hydrolysis) is 1. The van der Waals surface area contributed by atoms with Crippen molar-refractivity contribution in [2.75, 3.05) is 17.5 Å². The van der Waals surface area contributed by atoms with Gasteiger partial charge in [0.25, 0.3) is 0 Å². The number of aryl methyl sites for hydroxylation is 1.